The van der Waals surface area contributed by atoms with Crippen LogP contribution in [-0.2, 0) is 9.53 Å². The predicted octanol–water partition coefficient (Wildman–Crippen LogP) is -0.651. The minimum absolute atomic E-state index is 0.0265. The number of nitrogens with zero attached hydrogens (tertiary/aromatic N) is 2. The van der Waals surface area contributed by atoms with Gasteiger partial charge in [-0.2, -0.15) is 0 Å². The average Bonchev–Trinajstić information content (AvgIpc) is 3.19. The van der Waals surface area contributed by atoms with Gasteiger partial charge in [-0.05, 0) is 12.8 Å². The summed E-state index contributed by atoms with van der Waals surface area (Å²) < 4.78 is 5.10. The van der Waals surface area contributed by atoms with Crippen LogP contribution in [0.4, 0.5) is 4.79 Å². The molecule has 102 valence electrons. The molecule has 7 nitrogen and oxygen atoms in total. The Morgan fingerprint density at radius 2 is 2.11 bits per heavy atom. The van der Waals surface area contributed by atoms with Crippen molar-refractivity contribution in [1.29, 1.82) is 0 Å². The first-order valence-electron chi connectivity index (χ1n) is 6.13. The number of hydrogen-bond donors (Lipinski definition) is 2. The Morgan fingerprint density at radius 1 is 1.39 bits per heavy atom. The van der Waals surface area contributed by atoms with E-state index >= 15 is 0 Å². The van der Waals surface area contributed by atoms with E-state index in [0.717, 1.165) is 12.8 Å². The van der Waals surface area contributed by atoms with Crippen LogP contribution in [0.1, 0.15) is 12.8 Å². The van der Waals surface area contributed by atoms with Crippen LogP contribution in [-0.4, -0.2) is 77.0 Å². The lowest BCUT2D eigenvalue weighted by atomic mass is 10.2. The number of carboxylic acids is 1. The number of aliphatic carboxylic acids is 1. The summed E-state index contributed by atoms with van der Waals surface area (Å²) in [5, 5.41) is 18.1. The van der Waals surface area contributed by atoms with Gasteiger partial charge < -0.3 is 24.7 Å². The lowest BCUT2D eigenvalue weighted by molar-refractivity contribution is -0.147. The topological polar surface area (TPSA) is 90.3 Å². The van der Waals surface area contributed by atoms with Crippen molar-refractivity contribution in [2.45, 2.75) is 24.9 Å². The third-order valence-corrected chi connectivity index (χ3v) is 3.23. The van der Waals surface area contributed by atoms with Gasteiger partial charge in [0.25, 0.3) is 0 Å². The highest BCUT2D eigenvalue weighted by molar-refractivity contribution is 5.83. The largest absolute Gasteiger partial charge is 0.480 e. The first-order valence-corrected chi connectivity index (χ1v) is 6.13. The number of morpholine rings is 1. The molecule has 0 aromatic heterocycles. The first-order chi connectivity index (χ1) is 8.65. The zero-order chi connectivity index (χ0) is 13.1. The monoisotopic (exact) mass is 258 g/mol. The molecular weight excluding hydrogens is 240 g/mol. The predicted molar refractivity (Wildman–Crippen MR) is 61.2 cm³/mol. The summed E-state index contributed by atoms with van der Waals surface area (Å²) in [6.07, 6.45) is 1.85. The number of rotatable bonds is 4. The van der Waals surface area contributed by atoms with Crippen LogP contribution in [0, 0.1) is 0 Å². The SMILES string of the molecule is O=C(O)C1COCCN1C(=O)N(CCO)C1CC1. The number of ether oxygens (including phenoxy) is 1. The molecule has 0 spiro atoms. The number of aliphatic hydroxyl groups excluding tert-OH is 1. The van der Waals surface area contributed by atoms with E-state index in [-0.39, 0.29) is 38.4 Å². The van der Waals surface area contributed by atoms with Gasteiger partial charge >= 0.3 is 12.0 Å². The minimum Gasteiger partial charge on any atom is -0.480 e. The highest BCUT2D eigenvalue weighted by Crippen LogP contribution is 2.28. The molecule has 0 radical (unpaired) electrons. The van der Waals surface area contributed by atoms with E-state index in [1.165, 1.54) is 4.90 Å². The van der Waals surface area contributed by atoms with Crippen LogP contribution in [0.25, 0.3) is 0 Å². The number of hydrogen-bond acceptors (Lipinski definition) is 4. The van der Waals surface area contributed by atoms with Crippen molar-refractivity contribution in [3.8, 4) is 0 Å². The average molecular weight is 258 g/mol. The van der Waals surface area contributed by atoms with Crippen LogP contribution >= 0.6 is 0 Å². The molecule has 0 aromatic carbocycles. The Hall–Kier alpha value is -1.34. The zero-order valence-corrected chi connectivity index (χ0v) is 10.1. The molecule has 1 saturated carbocycles. The second-order valence-corrected chi connectivity index (χ2v) is 4.55. The van der Waals surface area contributed by atoms with Crippen LogP contribution in [0.15, 0.2) is 0 Å². The van der Waals surface area contributed by atoms with E-state index in [2.05, 4.69) is 0 Å². The van der Waals surface area contributed by atoms with E-state index in [1.807, 2.05) is 0 Å². The molecule has 7 heteroatoms. The lowest BCUT2D eigenvalue weighted by Gasteiger charge is -2.36. The van der Waals surface area contributed by atoms with Gasteiger partial charge in [0.1, 0.15) is 0 Å². The fourth-order valence-corrected chi connectivity index (χ4v) is 2.13. The van der Waals surface area contributed by atoms with Gasteiger partial charge in [0.05, 0.1) is 19.8 Å². The normalized spacial score (nSPS) is 23.8. The molecule has 1 atom stereocenters. The van der Waals surface area contributed by atoms with Crippen molar-refractivity contribution >= 4 is 12.0 Å². The Balaban J connectivity index is 2.06. The maximum absolute atomic E-state index is 12.3. The Kier molecular flexibility index (Phi) is 4.03. The molecule has 1 heterocycles. The maximum Gasteiger partial charge on any atom is 0.328 e. The summed E-state index contributed by atoms with van der Waals surface area (Å²) in [5.41, 5.74) is 0. The van der Waals surface area contributed by atoms with E-state index in [4.69, 9.17) is 14.9 Å². The fourth-order valence-electron chi connectivity index (χ4n) is 2.13. The van der Waals surface area contributed by atoms with Gasteiger partial charge in [0.15, 0.2) is 6.04 Å². The summed E-state index contributed by atoms with van der Waals surface area (Å²) >= 11 is 0. The molecule has 1 aliphatic carbocycles. The highest BCUT2D eigenvalue weighted by atomic mass is 16.5. The molecule has 0 aromatic rings. The zero-order valence-electron chi connectivity index (χ0n) is 10.1. The van der Waals surface area contributed by atoms with Crippen molar-refractivity contribution in [3.63, 3.8) is 0 Å². The number of carbonyl (C=O) groups excluding carboxylic acids is 1. The second-order valence-electron chi connectivity index (χ2n) is 4.55. The molecule has 18 heavy (non-hydrogen) atoms. The summed E-state index contributed by atoms with van der Waals surface area (Å²) in [7, 11) is 0. The van der Waals surface area contributed by atoms with Gasteiger partial charge in [-0.25, -0.2) is 9.59 Å². The molecule has 2 rings (SSSR count). The molecule has 2 N–H and O–H groups in total. The standard InChI is InChI=1S/C11H18N2O5/c14-5-3-12(8-1-2-8)11(17)13-4-6-18-7-9(13)10(15)16/h8-9,14H,1-7H2,(H,15,16). The van der Waals surface area contributed by atoms with E-state index < -0.39 is 12.0 Å². The molecule has 1 saturated heterocycles. The van der Waals surface area contributed by atoms with E-state index in [1.54, 1.807) is 4.90 Å². The smallest absolute Gasteiger partial charge is 0.328 e. The van der Waals surface area contributed by atoms with Crippen LogP contribution in [0.5, 0.6) is 0 Å². The summed E-state index contributed by atoms with van der Waals surface area (Å²) in [5.74, 6) is -1.05. The van der Waals surface area contributed by atoms with Crippen molar-refractivity contribution in [1.82, 2.24) is 9.80 Å². The molecule has 2 fully saturated rings. The van der Waals surface area contributed by atoms with E-state index in [0.29, 0.717) is 6.61 Å². The molecule has 0 bridgehead atoms. The Labute approximate surface area is 105 Å². The molecule has 1 aliphatic heterocycles. The van der Waals surface area contributed by atoms with Crippen LogP contribution < -0.4 is 0 Å². The third-order valence-electron chi connectivity index (χ3n) is 3.23. The lowest BCUT2D eigenvalue weighted by Crippen LogP contribution is -2.57. The number of aliphatic hydroxyl groups is 1. The number of carboxylic acid groups (broad SMARTS) is 1. The molecule has 2 aliphatic rings. The van der Waals surface area contributed by atoms with Gasteiger partial charge in [-0.15, -0.1) is 0 Å². The maximum atomic E-state index is 12.3. The number of urea groups is 1. The number of carbonyl (C=O) groups is 2. The van der Waals surface area contributed by atoms with Gasteiger partial charge in [0.2, 0.25) is 0 Å². The Bertz CT molecular complexity index is 331. The van der Waals surface area contributed by atoms with E-state index in [9.17, 15) is 9.59 Å². The van der Waals surface area contributed by atoms with Gasteiger partial charge in [-0.3, -0.25) is 0 Å². The fraction of sp³-hybridized carbons (Fsp3) is 0.818. The summed E-state index contributed by atoms with van der Waals surface area (Å²) in [6.45, 7) is 0.813. The van der Waals surface area contributed by atoms with Crippen molar-refractivity contribution < 1.29 is 24.5 Å². The molecule has 2 amide bonds. The van der Waals surface area contributed by atoms with Crippen LogP contribution in [0.3, 0.4) is 0 Å². The quantitative estimate of drug-likeness (QED) is 0.699. The molecule has 1 unspecified atom stereocenters. The second kappa shape index (κ2) is 5.53. The summed E-state index contributed by atoms with van der Waals surface area (Å²) in [6, 6.07) is -1.07. The minimum atomic E-state index is -1.05. The summed E-state index contributed by atoms with van der Waals surface area (Å²) in [4.78, 5) is 26.3. The van der Waals surface area contributed by atoms with Crippen LogP contribution in [0.2, 0.25) is 0 Å². The third kappa shape index (κ3) is 2.73. The Morgan fingerprint density at radius 3 is 2.67 bits per heavy atom. The van der Waals surface area contributed by atoms with Crippen molar-refractivity contribution in [2.24, 2.45) is 0 Å². The van der Waals surface area contributed by atoms with Crippen molar-refractivity contribution in [3.05, 3.63) is 0 Å². The first kappa shape index (κ1) is 13.1. The van der Waals surface area contributed by atoms with Gasteiger partial charge in [-0.1, -0.05) is 0 Å². The van der Waals surface area contributed by atoms with Crippen molar-refractivity contribution in [2.75, 3.05) is 32.9 Å². The highest BCUT2D eigenvalue weighted by Gasteiger charge is 2.39. The van der Waals surface area contributed by atoms with Gasteiger partial charge in [0, 0.05) is 19.1 Å². The molecular formula is C11H18N2O5. The number of amides is 2.